The van der Waals surface area contributed by atoms with E-state index in [1.165, 1.54) is 6.20 Å². The van der Waals surface area contributed by atoms with E-state index >= 15 is 0 Å². The van der Waals surface area contributed by atoms with E-state index in [2.05, 4.69) is 15.1 Å². The standard InChI is InChI=1S/C18H24N6O4.ClH/c1-18(2,3)28-17(27)23-6-4-12(5-7-23)24-10-11(8-21-24)13-9-20-15(19)14(22-13)16(25)26;/h8-10,12H,4-7H2,1-3H3,(H2,19,20)(H,25,26);1H. The highest BCUT2D eigenvalue weighted by molar-refractivity contribution is 5.90. The molecular formula is C18H25ClN6O4. The average Bonchev–Trinajstić information content (AvgIpc) is 3.10. The fourth-order valence-corrected chi connectivity index (χ4v) is 3.00. The first-order chi connectivity index (χ1) is 13.1. The number of aromatic carboxylic acids is 1. The molecule has 0 spiro atoms. The van der Waals surface area contributed by atoms with E-state index < -0.39 is 11.6 Å². The molecule has 0 radical (unpaired) electrons. The van der Waals surface area contributed by atoms with Crippen LogP contribution in [-0.4, -0.2) is 60.5 Å². The van der Waals surface area contributed by atoms with Crippen molar-refractivity contribution in [3.8, 4) is 11.3 Å². The van der Waals surface area contributed by atoms with Crippen molar-refractivity contribution >= 4 is 30.3 Å². The number of nitrogen functional groups attached to an aromatic ring is 1. The van der Waals surface area contributed by atoms with Gasteiger partial charge in [-0.05, 0) is 33.6 Å². The fraction of sp³-hybridized carbons (Fsp3) is 0.500. The number of hydrogen-bond donors (Lipinski definition) is 2. The Morgan fingerprint density at radius 3 is 2.48 bits per heavy atom. The lowest BCUT2D eigenvalue weighted by Crippen LogP contribution is -2.42. The van der Waals surface area contributed by atoms with Gasteiger partial charge in [0, 0.05) is 24.8 Å². The van der Waals surface area contributed by atoms with Gasteiger partial charge in [0.25, 0.3) is 0 Å². The highest BCUT2D eigenvalue weighted by Crippen LogP contribution is 2.26. The topological polar surface area (TPSA) is 136 Å². The number of anilines is 1. The van der Waals surface area contributed by atoms with Crippen LogP contribution in [0.25, 0.3) is 11.3 Å². The molecule has 158 valence electrons. The molecule has 0 bridgehead atoms. The van der Waals surface area contributed by atoms with Crippen LogP contribution in [0.4, 0.5) is 10.6 Å². The highest BCUT2D eigenvalue weighted by Gasteiger charge is 2.28. The molecule has 11 heteroatoms. The lowest BCUT2D eigenvalue weighted by molar-refractivity contribution is 0.0184. The minimum Gasteiger partial charge on any atom is -0.476 e. The van der Waals surface area contributed by atoms with Crippen LogP contribution in [0.5, 0.6) is 0 Å². The van der Waals surface area contributed by atoms with E-state index in [1.54, 1.807) is 17.3 Å². The van der Waals surface area contributed by atoms with Gasteiger partial charge in [-0.1, -0.05) is 0 Å². The summed E-state index contributed by atoms with van der Waals surface area (Å²) in [5.74, 6) is -1.35. The summed E-state index contributed by atoms with van der Waals surface area (Å²) in [6.07, 6.45) is 6.04. The number of carbonyl (C=O) groups excluding carboxylic acids is 1. The van der Waals surface area contributed by atoms with E-state index in [1.807, 2.05) is 25.5 Å². The normalized spacial score (nSPS) is 14.9. The number of carboxylic acid groups (broad SMARTS) is 1. The molecule has 1 amide bonds. The number of hydrogen-bond acceptors (Lipinski definition) is 7. The molecule has 1 aliphatic heterocycles. The number of piperidine rings is 1. The Balaban J connectivity index is 0.00000300. The SMILES string of the molecule is CC(C)(C)OC(=O)N1CCC(n2cc(-c3cnc(N)c(C(=O)O)n3)cn2)CC1.Cl. The molecule has 0 saturated carbocycles. The van der Waals surface area contributed by atoms with Gasteiger partial charge >= 0.3 is 12.1 Å². The number of ether oxygens (including phenoxy) is 1. The molecular weight excluding hydrogens is 400 g/mol. The van der Waals surface area contributed by atoms with Crippen LogP contribution >= 0.6 is 12.4 Å². The lowest BCUT2D eigenvalue weighted by Gasteiger charge is -2.33. The second-order valence-electron chi connectivity index (χ2n) is 7.70. The molecule has 0 atom stereocenters. The van der Waals surface area contributed by atoms with Crippen LogP contribution in [-0.2, 0) is 4.74 Å². The first-order valence-electron chi connectivity index (χ1n) is 9.02. The summed E-state index contributed by atoms with van der Waals surface area (Å²) in [6, 6.07) is 0.133. The van der Waals surface area contributed by atoms with E-state index in [4.69, 9.17) is 15.6 Å². The van der Waals surface area contributed by atoms with Crippen molar-refractivity contribution in [2.75, 3.05) is 18.8 Å². The van der Waals surface area contributed by atoms with Gasteiger partial charge in [-0.25, -0.2) is 19.6 Å². The lowest BCUT2D eigenvalue weighted by atomic mass is 10.1. The van der Waals surface area contributed by atoms with Crippen LogP contribution in [0.15, 0.2) is 18.6 Å². The monoisotopic (exact) mass is 424 g/mol. The Kier molecular flexibility index (Phi) is 6.68. The largest absolute Gasteiger partial charge is 0.476 e. The highest BCUT2D eigenvalue weighted by atomic mass is 35.5. The van der Waals surface area contributed by atoms with E-state index in [-0.39, 0.29) is 36.1 Å². The van der Waals surface area contributed by atoms with Crippen molar-refractivity contribution in [1.82, 2.24) is 24.6 Å². The Labute approximate surface area is 174 Å². The maximum atomic E-state index is 12.2. The van der Waals surface area contributed by atoms with Crippen LogP contribution in [0, 0.1) is 0 Å². The summed E-state index contributed by atoms with van der Waals surface area (Å²) in [4.78, 5) is 33.0. The number of carboxylic acids is 1. The molecule has 1 saturated heterocycles. The number of likely N-dealkylation sites (tertiary alicyclic amines) is 1. The molecule has 2 aromatic heterocycles. The number of amides is 1. The number of nitrogens with zero attached hydrogens (tertiary/aromatic N) is 5. The van der Waals surface area contributed by atoms with Crippen molar-refractivity contribution in [2.24, 2.45) is 0 Å². The summed E-state index contributed by atoms with van der Waals surface area (Å²) in [5, 5.41) is 13.5. The van der Waals surface area contributed by atoms with Gasteiger partial charge in [-0.2, -0.15) is 5.10 Å². The number of halogens is 1. The molecule has 3 N–H and O–H groups in total. The minimum absolute atomic E-state index is 0. The summed E-state index contributed by atoms with van der Waals surface area (Å²) in [6.45, 7) is 6.70. The molecule has 0 aromatic carbocycles. The fourth-order valence-electron chi connectivity index (χ4n) is 3.00. The van der Waals surface area contributed by atoms with Crippen LogP contribution in [0.1, 0.15) is 50.1 Å². The van der Waals surface area contributed by atoms with E-state index in [9.17, 15) is 9.59 Å². The predicted octanol–water partition coefficient (Wildman–Crippen LogP) is 2.61. The van der Waals surface area contributed by atoms with Crippen LogP contribution < -0.4 is 5.73 Å². The number of aromatic nitrogens is 4. The summed E-state index contributed by atoms with van der Waals surface area (Å²) in [5.41, 5.74) is 5.80. The first kappa shape index (κ1) is 22.4. The first-order valence-corrected chi connectivity index (χ1v) is 9.02. The molecule has 2 aromatic rings. The summed E-state index contributed by atoms with van der Waals surface area (Å²) in [7, 11) is 0. The Morgan fingerprint density at radius 2 is 1.90 bits per heavy atom. The van der Waals surface area contributed by atoms with Gasteiger partial charge in [0.05, 0.1) is 24.1 Å². The zero-order valence-electron chi connectivity index (χ0n) is 16.5. The van der Waals surface area contributed by atoms with Gasteiger partial charge in [-0.15, -0.1) is 12.4 Å². The molecule has 3 rings (SSSR count). The Hall–Kier alpha value is -2.88. The van der Waals surface area contributed by atoms with Gasteiger partial charge in [0.15, 0.2) is 11.5 Å². The average molecular weight is 425 g/mol. The van der Waals surface area contributed by atoms with Gasteiger partial charge in [0.1, 0.15) is 5.60 Å². The zero-order valence-corrected chi connectivity index (χ0v) is 17.3. The molecule has 3 heterocycles. The number of nitrogens with two attached hydrogens (primary N) is 1. The number of carbonyl (C=O) groups is 2. The third kappa shape index (κ3) is 5.35. The third-order valence-corrected chi connectivity index (χ3v) is 4.39. The summed E-state index contributed by atoms with van der Waals surface area (Å²) < 4.78 is 7.23. The van der Waals surface area contributed by atoms with Crippen molar-refractivity contribution in [3.63, 3.8) is 0 Å². The van der Waals surface area contributed by atoms with Crippen LogP contribution in [0.3, 0.4) is 0 Å². The zero-order chi connectivity index (χ0) is 20.5. The molecule has 29 heavy (non-hydrogen) atoms. The second-order valence-corrected chi connectivity index (χ2v) is 7.70. The second kappa shape index (κ2) is 8.64. The van der Waals surface area contributed by atoms with Crippen molar-refractivity contribution in [3.05, 3.63) is 24.3 Å². The van der Waals surface area contributed by atoms with Gasteiger partial charge in [0.2, 0.25) is 0 Å². The van der Waals surface area contributed by atoms with Gasteiger partial charge in [-0.3, -0.25) is 4.68 Å². The van der Waals surface area contributed by atoms with E-state index in [0.717, 1.165) is 12.8 Å². The van der Waals surface area contributed by atoms with Crippen LogP contribution in [0.2, 0.25) is 0 Å². The maximum Gasteiger partial charge on any atom is 0.410 e. The molecule has 1 fully saturated rings. The van der Waals surface area contributed by atoms with Crippen molar-refractivity contribution in [1.29, 1.82) is 0 Å². The molecule has 0 aliphatic carbocycles. The smallest absolute Gasteiger partial charge is 0.410 e. The summed E-state index contributed by atoms with van der Waals surface area (Å²) >= 11 is 0. The molecule has 0 unspecified atom stereocenters. The minimum atomic E-state index is -1.23. The predicted molar refractivity (Wildman–Crippen MR) is 108 cm³/mol. The van der Waals surface area contributed by atoms with Crippen molar-refractivity contribution in [2.45, 2.75) is 45.3 Å². The van der Waals surface area contributed by atoms with E-state index in [0.29, 0.717) is 24.3 Å². The Bertz CT molecular complexity index is 887. The Morgan fingerprint density at radius 1 is 1.24 bits per heavy atom. The van der Waals surface area contributed by atoms with Crippen molar-refractivity contribution < 1.29 is 19.4 Å². The quantitative estimate of drug-likeness (QED) is 0.767. The maximum absolute atomic E-state index is 12.2. The molecule has 10 nitrogen and oxygen atoms in total. The number of rotatable bonds is 3. The molecule has 1 aliphatic rings. The van der Waals surface area contributed by atoms with Gasteiger partial charge < -0.3 is 20.5 Å². The third-order valence-electron chi connectivity index (χ3n) is 4.39.